The molecule has 0 N–H and O–H groups in total. The van der Waals surface area contributed by atoms with Gasteiger partial charge in [0.05, 0.1) is 12.4 Å². The highest BCUT2D eigenvalue weighted by atomic mass is 19.2. The summed E-state index contributed by atoms with van der Waals surface area (Å²) < 4.78 is 296. The van der Waals surface area contributed by atoms with E-state index in [0.717, 1.165) is 12.2 Å². The van der Waals surface area contributed by atoms with Crippen LogP contribution in [0, 0.1) is 116 Å². The summed E-state index contributed by atoms with van der Waals surface area (Å²) in [5.41, 5.74) is -8.21. The summed E-state index contributed by atoms with van der Waals surface area (Å²) >= 11 is 0. The monoisotopic (exact) mass is 976 g/mol. The van der Waals surface area contributed by atoms with Crippen molar-refractivity contribution in [2.45, 2.75) is 6.54 Å². The second-order valence-corrected chi connectivity index (χ2v) is 14.4. The molecule has 2 aliphatic carbocycles. The van der Waals surface area contributed by atoms with Crippen molar-refractivity contribution in [2.24, 2.45) is 0 Å². The molecule has 0 unspecified atom stereocenters. The predicted molar refractivity (Wildman–Crippen MR) is 201 cm³/mol. The molecular weight excluding hydrogens is 959 g/mol. The number of hydrogen-bond acceptors (Lipinski definition) is 1. The fraction of sp³-hybridized carbons (Fsp3) is 0.0222. The molecule has 350 valence electrons. The first-order chi connectivity index (χ1) is 32.1. The Labute approximate surface area is 367 Å². The maximum absolute atomic E-state index is 15.4. The molecule has 68 heavy (non-hydrogen) atoms. The van der Waals surface area contributed by atoms with Crippen LogP contribution in [0.15, 0.2) is 91.4 Å². The van der Waals surface area contributed by atoms with E-state index in [4.69, 9.17) is 0 Å². The van der Waals surface area contributed by atoms with Gasteiger partial charge in [-0.1, -0.05) is 60.7 Å². The third kappa shape index (κ3) is 7.62. The summed E-state index contributed by atoms with van der Waals surface area (Å²) in [5, 5.41) is 0. The van der Waals surface area contributed by atoms with Gasteiger partial charge in [0.15, 0.2) is 82.5 Å². The molecule has 5 aromatic carbocycles. The zero-order valence-corrected chi connectivity index (χ0v) is 32.9. The molecule has 0 saturated heterocycles. The molecule has 2 aliphatic rings. The Morgan fingerprint density at radius 1 is 0.338 bits per heavy atom. The van der Waals surface area contributed by atoms with Crippen molar-refractivity contribution < 1.29 is 92.4 Å². The van der Waals surface area contributed by atoms with Crippen LogP contribution in [0.2, 0.25) is 0 Å². The van der Waals surface area contributed by atoms with Gasteiger partial charge in [0.1, 0.15) is 52.7 Å². The number of rotatable bonds is 7. The molecule has 0 fully saturated rings. The number of aromatic nitrogens is 2. The minimum Gasteiger partial charge on any atom is -0.252 e. The van der Waals surface area contributed by atoms with Crippen LogP contribution < -0.4 is 26.4 Å². The van der Waals surface area contributed by atoms with E-state index in [0.29, 0.717) is 0 Å². The molecule has 23 heteroatoms. The molecule has 0 spiro atoms. The molecule has 1 aromatic heterocycles. The van der Waals surface area contributed by atoms with Crippen molar-refractivity contribution in [3.63, 3.8) is 0 Å². The molecule has 0 amide bonds. The lowest BCUT2D eigenvalue weighted by Gasteiger charge is -2.44. The number of fused-ring (bicyclic) bond motifs is 1. The summed E-state index contributed by atoms with van der Waals surface area (Å²) in [6.07, 6.45) is -1.39. The van der Waals surface area contributed by atoms with Crippen molar-refractivity contribution in [3.8, 4) is 22.4 Å². The maximum atomic E-state index is 15.4. The lowest BCUT2D eigenvalue weighted by Crippen LogP contribution is -2.81. The van der Waals surface area contributed by atoms with E-state index < -0.39 is 144 Å². The molecule has 0 saturated carbocycles. The van der Waals surface area contributed by atoms with Crippen LogP contribution in [0.1, 0.15) is 5.56 Å². The van der Waals surface area contributed by atoms with Gasteiger partial charge in [-0.2, -0.15) is 4.57 Å². The van der Waals surface area contributed by atoms with Gasteiger partial charge in [-0.05, 0) is 23.3 Å². The predicted octanol–water partition coefficient (Wildman–Crippen LogP) is 10.0. The van der Waals surface area contributed by atoms with E-state index in [1.807, 2.05) is 24.7 Å². The van der Waals surface area contributed by atoms with Crippen molar-refractivity contribution >= 4 is 28.0 Å². The topological polar surface area (TPSA) is 16.8 Å². The summed E-state index contributed by atoms with van der Waals surface area (Å²) in [6, 6.07) is 25.5. The van der Waals surface area contributed by atoms with Crippen molar-refractivity contribution in [1.82, 2.24) is 4.98 Å². The first-order valence-corrected chi connectivity index (χ1v) is 18.7. The van der Waals surface area contributed by atoms with Crippen LogP contribution in [0.25, 0.3) is 22.4 Å². The smallest absolute Gasteiger partial charge is 0.231 e. The standard InChI is InChI=1S/C24BF20.C21H17N2/c26-5-1(6(27)14(35)21(42)13(5)34)25(2-7(28)15(36)22(43)16(37)8(2)29,3-9(30)17(38)23(44)18(39)10(3)31)4-11(32)19(40)24(45)20(41)12(4)33;1-3-7-17(8-4-1)16-23-12-11-22-15-21(23)20-13-18-9-5-2-6-10-19(18)14-20/h;1-15H,16H2/q-1;+1. The van der Waals surface area contributed by atoms with Gasteiger partial charge in [0, 0.05) is 11.1 Å². The first kappa shape index (κ1) is 48.5. The van der Waals surface area contributed by atoms with Gasteiger partial charge >= 0.3 is 0 Å². The fourth-order valence-corrected chi connectivity index (χ4v) is 7.78. The highest BCUT2D eigenvalue weighted by Gasteiger charge is 2.52. The molecule has 1 heterocycles. The Hall–Kier alpha value is -7.46. The maximum Gasteiger partial charge on any atom is 0.231 e. The van der Waals surface area contributed by atoms with E-state index in [1.165, 1.54) is 22.3 Å². The first-order valence-electron chi connectivity index (χ1n) is 18.7. The molecule has 2 nitrogen and oxygen atoms in total. The quantitative estimate of drug-likeness (QED) is 0.0512. The second-order valence-electron chi connectivity index (χ2n) is 14.4. The van der Waals surface area contributed by atoms with Crippen molar-refractivity contribution in [2.75, 3.05) is 0 Å². The normalized spacial score (nSPS) is 11.6. The molecule has 6 aromatic rings. The van der Waals surface area contributed by atoms with E-state index >= 15 is 35.1 Å². The lowest BCUT2D eigenvalue weighted by atomic mass is 9.12. The minimum atomic E-state index is -7.22. The fourth-order valence-electron chi connectivity index (χ4n) is 7.78. The summed E-state index contributed by atoms with van der Waals surface area (Å²) in [6.45, 7) is 0.841. The Morgan fingerprint density at radius 3 is 0.926 bits per heavy atom. The second kappa shape index (κ2) is 18.3. The zero-order valence-electron chi connectivity index (χ0n) is 32.9. The molecular formula is C45H17BF20N2. The highest BCUT2D eigenvalue weighted by molar-refractivity contribution is 7.20. The van der Waals surface area contributed by atoms with Crippen LogP contribution in [-0.2, 0) is 6.54 Å². The average molecular weight is 976 g/mol. The van der Waals surface area contributed by atoms with E-state index in [9.17, 15) is 52.7 Å². The van der Waals surface area contributed by atoms with Crippen LogP contribution >= 0.6 is 0 Å². The number of hydrogen-bond donors (Lipinski definition) is 0. The summed E-state index contributed by atoms with van der Waals surface area (Å²) in [4.78, 5) is 4.33. The van der Waals surface area contributed by atoms with Crippen LogP contribution in [0.5, 0.6) is 0 Å². The van der Waals surface area contributed by atoms with Crippen LogP contribution in [-0.4, -0.2) is 11.1 Å². The van der Waals surface area contributed by atoms with E-state index in [-0.39, 0.29) is 0 Å². The minimum absolute atomic E-state index is 0.841. The third-order valence-electron chi connectivity index (χ3n) is 10.8. The zero-order chi connectivity index (χ0) is 49.8. The van der Waals surface area contributed by atoms with E-state index in [2.05, 4.69) is 76.3 Å². The van der Waals surface area contributed by atoms with Crippen LogP contribution in [0.3, 0.4) is 0 Å². The van der Waals surface area contributed by atoms with Crippen molar-refractivity contribution in [3.05, 3.63) is 213 Å². The van der Waals surface area contributed by atoms with Gasteiger partial charge in [0.25, 0.3) is 0 Å². The molecule has 0 bridgehead atoms. The number of benzene rings is 5. The van der Waals surface area contributed by atoms with E-state index in [1.54, 1.807) is 0 Å². The van der Waals surface area contributed by atoms with Gasteiger partial charge in [-0.15, -0.1) is 21.9 Å². The Kier molecular flexibility index (Phi) is 13.1. The average Bonchev–Trinajstić information content (AvgIpc) is 3.61. The Bertz CT molecular complexity index is 2860. The number of halogens is 20. The molecule has 0 radical (unpaired) electrons. The highest BCUT2D eigenvalue weighted by Crippen LogP contribution is 2.32. The number of nitrogens with zero attached hydrogens (tertiary/aromatic N) is 2. The molecule has 0 atom stereocenters. The third-order valence-corrected chi connectivity index (χ3v) is 10.8. The van der Waals surface area contributed by atoms with Gasteiger partial charge in [0.2, 0.25) is 5.69 Å². The largest absolute Gasteiger partial charge is 0.252 e. The molecule has 8 rings (SSSR count). The Balaban J connectivity index is 0.000000246. The summed E-state index contributed by atoms with van der Waals surface area (Å²) in [7, 11) is 0. The van der Waals surface area contributed by atoms with Crippen molar-refractivity contribution in [1.29, 1.82) is 0 Å². The lowest BCUT2D eigenvalue weighted by molar-refractivity contribution is -0.678. The van der Waals surface area contributed by atoms with Gasteiger partial charge < -0.3 is 0 Å². The summed E-state index contributed by atoms with van der Waals surface area (Å²) in [5.74, 6) is -71.4. The molecule has 0 aliphatic heterocycles. The van der Waals surface area contributed by atoms with Crippen LogP contribution in [0.4, 0.5) is 87.8 Å². The SMILES string of the molecule is Fc1c(F)c(F)c([B-](c2c(F)c(F)c(F)c(F)c2F)(c2c(F)c(F)c(F)c(F)c2F)c2c(F)c(F)c(F)c(F)c2F)c(F)c1F.c1ccc(C[n+]2ccncc2-c2cc3cccccc-3c2)cc1. The Morgan fingerprint density at radius 2 is 0.618 bits per heavy atom. The van der Waals surface area contributed by atoms with Gasteiger partial charge in [-0.25, -0.2) is 87.8 Å². The van der Waals surface area contributed by atoms with Gasteiger partial charge in [-0.3, -0.25) is 4.98 Å².